The Morgan fingerprint density at radius 1 is 1.10 bits per heavy atom. The lowest BCUT2D eigenvalue weighted by Gasteiger charge is -2.08. The minimum atomic E-state index is 0.544. The summed E-state index contributed by atoms with van der Waals surface area (Å²) in [4.78, 5) is 0. The molecule has 1 aliphatic heterocycles. The van der Waals surface area contributed by atoms with Gasteiger partial charge in [0.1, 0.15) is 11.5 Å². The molecule has 3 rings (SSSR count). The predicted molar refractivity (Wildman–Crippen MR) is 79.2 cm³/mol. The fourth-order valence-corrected chi connectivity index (χ4v) is 2.44. The lowest BCUT2D eigenvalue weighted by Crippen LogP contribution is -2.03. The van der Waals surface area contributed by atoms with Crippen LogP contribution in [-0.2, 0) is 19.4 Å². The predicted octanol–water partition coefficient (Wildman–Crippen LogP) is 2.70. The van der Waals surface area contributed by atoms with Crippen molar-refractivity contribution in [1.29, 1.82) is 0 Å². The van der Waals surface area contributed by atoms with Crippen LogP contribution in [0, 0.1) is 0 Å². The van der Waals surface area contributed by atoms with Crippen molar-refractivity contribution < 1.29 is 9.47 Å². The first-order valence-electron chi connectivity index (χ1n) is 7.01. The first-order valence-corrected chi connectivity index (χ1v) is 7.01. The van der Waals surface area contributed by atoms with Gasteiger partial charge in [-0.25, -0.2) is 0 Å². The molecule has 2 aromatic rings. The van der Waals surface area contributed by atoms with E-state index in [1.807, 2.05) is 24.3 Å². The molecule has 104 valence electrons. The molecular formula is C17H19NO2. The van der Waals surface area contributed by atoms with Crippen molar-refractivity contribution in [3.05, 3.63) is 59.2 Å². The van der Waals surface area contributed by atoms with Crippen LogP contribution in [0.15, 0.2) is 42.5 Å². The van der Waals surface area contributed by atoms with Gasteiger partial charge in [0.25, 0.3) is 0 Å². The van der Waals surface area contributed by atoms with E-state index in [-0.39, 0.29) is 0 Å². The second-order valence-electron chi connectivity index (χ2n) is 4.99. The van der Waals surface area contributed by atoms with Crippen LogP contribution in [0.25, 0.3) is 0 Å². The molecule has 0 spiro atoms. The van der Waals surface area contributed by atoms with E-state index in [0.717, 1.165) is 36.5 Å². The van der Waals surface area contributed by atoms with E-state index in [9.17, 15) is 0 Å². The first-order chi connectivity index (χ1) is 9.85. The van der Waals surface area contributed by atoms with Gasteiger partial charge in [-0.1, -0.05) is 24.3 Å². The van der Waals surface area contributed by atoms with Gasteiger partial charge in [-0.05, 0) is 34.9 Å². The third-order valence-electron chi connectivity index (χ3n) is 3.55. The molecule has 0 atom stereocenters. The third-order valence-corrected chi connectivity index (χ3v) is 3.55. The van der Waals surface area contributed by atoms with Crippen LogP contribution >= 0.6 is 0 Å². The summed E-state index contributed by atoms with van der Waals surface area (Å²) in [7, 11) is 0. The van der Waals surface area contributed by atoms with E-state index in [1.165, 1.54) is 11.1 Å². The molecule has 0 unspecified atom stereocenters. The molecule has 3 nitrogen and oxygen atoms in total. The van der Waals surface area contributed by atoms with Crippen LogP contribution in [0.3, 0.4) is 0 Å². The SMILES string of the molecule is NCc1cccc(OCCc2ccc3c(c2)CCO3)c1. The standard InChI is InChI=1S/C17H19NO2/c18-12-14-2-1-3-16(11-14)19-8-6-13-4-5-17-15(10-13)7-9-20-17/h1-5,10-11H,6-9,12,18H2. The lowest BCUT2D eigenvalue weighted by atomic mass is 10.1. The maximum Gasteiger partial charge on any atom is 0.122 e. The van der Waals surface area contributed by atoms with Crippen molar-refractivity contribution in [3.63, 3.8) is 0 Å². The fourth-order valence-electron chi connectivity index (χ4n) is 2.44. The summed E-state index contributed by atoms with van der Waals surface area (Å²) in [6, 6.07) is 14.3. The highest BCUT2D eigenvalue weighted by Gasteiger charge is 2.11. The van der Waals surface area contributed by atoms with E-state index in [1.54, 1.807) is 0 Å². The zero-order valence-electron chi connectivity index (χ0n) is 11.5. The molecule has 0 bridgehead atoms. The van der Waals surface area contributed by atoms with Gasteiger partial charge in [-0.3, -0.25) is 0 Å². The highest BCUT2D eigenvalue weighted by molar-refractivity contribution is 5.39. The second-order valence-corrected chi connectivity index (χ2v) is 4.99. The number of hydrogen-bond donors (Lipinski definition) is 1. The van der Waals surface area contributed by atoms with Crippen molar-refractivity contribution in [2.75, 3.05) is 13.2 Å². The Bertz CT molecular complexity index is 595. The molecule has 0 amide bonds. The van der Waals surface area contributed by atoms with Crippen molar-refractivity contribution in [2.24, 2.45) is 5.73 Å². The van der Waals surface area contributed by atoms with Crippen molar-refractivity contribution in [2.45, 2.75) is 19.4 Å². The fraction of sp³-hybridized carbons (Fsp3) is 0.294. The highest BCUT2D eigenvalue weighted by Crippen LogP contribution is 2.26. The molecule has 0 saturated carbocycles. The Morgan fingerprint density at radius 3 is 2.95 bits per heavy atom. The lowest BCUT2D eigenvalue weighted by molar-refractivity contribution is 0.321. The molecule has 20 heavy (non-hydrogen) atoms. The maximum absolute atomic E-state index is 5.78. The maximum atomic E-state index is 5.78. The molecular weight excluding hydrogens is 250 g/mol. The first kappa shape index (κ1) is 13.0. The number of ether oxygens (including phenoxy) is 2. The topological polar surface area (TPSA) is 44.5 Å². The average Bonchev–Trinajstić information content (AvgIpc) is 2.95. The van der Waals surface area contributed by atoms with Crippen LogP contribution < -0.4 is 15.2 Å². The summed E-state index contributed by atoms with van der Waals surface area (Å²) >= 11 is 0. The largest absolute Gasteiger partial charge is 0.493 e. The summed E-state index contributed by atoms with van der Waals surface area (Å²) in [5, 5.41) is 0. The van der Waals surface area contributed by atoms with Gasteiger partial charge in [0.15, 0.2) is 0 Å². The number of benzene rings is 2. The third kappa shape index (κ3) is 2.94. The Hall–Kier alpha value is -2.00. The summed E-state index contributed by atoms with van der Waals surface area (Å²) in [6.45, 7) is 2.02. The van der Waals surface area contributed by atoms with E-state index in [4.69, 9.17) is 15.2 Å². The second kappa shape index (κ2) is 5.97. The number of fused-ring (bicyclic) bond motifs is 1. The molecule has 2 aromatic carbocycles. The molecule has 0 fully saturated rings. The molecule has 0 radical (unpaired) electrons. The Balaban J connectivity index is 1.57. The van der Waals surface area contributed by atoms with E-state index >= 15 is 0 Å². The van der Waals surface area contributed by atoms with E-state index < -0.39 is 0 Å². The minimum Gasteiger partial charge on any atom is -0.493 e. The zero-order valence-corrected chi connectivity index (χ0v) is 11.5. The highest BCUT2D eigenvalue weighted by atomic mass is 16.5. The van der Waals surface area contributed by atoms with Gasteiger partial charge in [0.2, 0.25) is 0 Å². The molecule has 2 N–H and O–H groups in total. The zero-order chi connectivity index (χ0) is 13.8. The smallest absolute Gasteiger partial charge is 0.122 e. The van der Waals surface area contributed by atoms with Gasteiger partial charge < -0.3 is 15.2 Å². The molecule has 0 aliphatic carbocycles. The molecule has 1 aliphatic rings. The van der Waals surface area contributed by atoms with Crippen molar-refractivity contribution in [3.8, 4) is 11.5 Å². The number of nitrogens with two attached hydrogens (primary N) is 1. The van der Waals surface area contributed by atoms with E-state index in [0.29, 0.717) is 13.2 Å². The summed E-state index contributed by atoms with van der Waals surface area (Å²) in [5.41, 5.74) is 9.33. The van der Waals surface area contributed by atoms with Crippen molar-refractivity contribution in [1.82, 2.24) is 0 Å². The summed E-state index contributed by atoms with van der Waals surface area (Å²) in [5.74, 6) is 1.92. The van der Waals surface area contributed by atoms with Crippen LogP contribution in [-0.4, -0.2) is 13.2 Å². The molecule has 3 heteroatoms. The summed E-state index contributed by atoms with van der Waals surface area (Å²) < 4.78 is 11.3. The summed E-state index contributed by atoms with van der Waals surface area (Å²) in [6.07, 6.45) is 1.92. The molecule has 1 heterocycles. The van der Waals surface area contributed by atoms with Gasteiger partial charge in [0.05, 0.1) is 13.2 Å². The van der Waals surface area contributed by atoms with Crippen LogP contribution in [0.2, 0.25) is 0 Å². The number of rotatable bonds is 5. The number of hydrogen-bond acceptors (Lipinski definition) is 3. The van der Waals surface area contributed by atoms with Crippen LogP contribution in [0.4, 0.5) is 0 Å². The van der Waals surface area contributed by atoms with Gasteiger partial charge in [-0.15, -0.1) is 0 Å². The van der Waals surface area contributed by atoms with E-state index in [2.05, 4.69) is 18.2 Å². The minimum absolute atomic E-state index is 0.544. The van der Waals surface area contributed by atoms with Crippen LogP contribution in [0.1, 0.15) is 16.7 Å². The Morgan fingerprint density at radius 2 is 2.05 bits per heavy atom. The molecule has 0 aromatic heterocycles. The quantitative estimate of drug-likeness (QED) is 0.907. The van der Waals surface area contributed by atoms with Crippen LogP contribution in [0.5, 0.6) is 11.5 Å². The van der Waals surface area contributed by atoms with Crippen molar-refractivity contribution >= 4 is 0 Å². The van der Waals surface area contributed by atoms with Gasteiger partial charge >= 0.3 is 0 Å². The Kier molecular flexibility index (Phi) is 3.88. The molecule has 0 saturated heterocycles. The normalized spacial score (nSPS) is 12.8. The monoisotopic (exact) mass is 269 g/mol. The van der Waals surface area contributed by atoms with Gasteiger partial charge in [-0.2, -0.15) is 0 Å². The Labute approximate surface area is 119 Å². The van der Waals surface area contributed by atoms with Gasteiger partial charge in [0, 0.05) is 19.4 Å². The average molecular weight is 269 g/mol.